The quantitative estimate of drug-likeness (QED) is 0.886. The Labute approximate surface area is 122 Å². The van der Waals surface area contributed by atoms with E-state index in [4.69, 9.17) is 4.74 Å². The van der Waals surface area contributed by atoms with Crippen LogP contribution < -0.4 is 10.1 Å². The molecule has 0 amide bonds. The second kappa shape index (κ2) is 6.73. The molecule has 1 N–H and O–H groups in total. The monoisotopic (exact) mass is 319 g/mol. The Morgan fingerprint density at radius 1 is 1.16 bits per heavy atom. The SMILES string of the molecule is COc1ccccc1CN[C@H](C)c1cccc(Br)c1. The Balaban J connectivity index is 2.02. The molecule has 1 atom stereocenters. The van der Waals surface area contributed by atoms with E-state index in [0.29, 0.717) is 6.04 Å². The fourth-order valence-electron chi connectivity index (χ4n) is 2.01. The summed E-state index contributed by atoms with van der Waals surface area (Å²) in [7, 11) is 1.70. The summed E-state index contributed by atoms with van der Waals surface area (Å²) in [4.78, 5) is 0. The predicted octanol–water partition coefficient (Wildman–Crippen LogP) is 4.31. The van der Waals surface area contributed by atoms with Crippen LogP contribution in [0.15, 0.2) is 53.0 Å². The molecule has 0 saturated heterocycles. The molecule has 0 aliphatic heterocycles. The molecule has 19 heavy (non-hydrogen) atoms. The van der Waals surface area contributed by atoms with Gasteiger partial charge in [-0.15, -0.1) is 0 Å². The van der Waals surface area contributed by atoms with Crippen molar-refractivity contribution in [3.05, 3.63) is 64.1 Å². The maximum atomic E-state index is 5.35. The first-order valence-electron chi connectivity index (χ1n) is 6.31. The van der Waals surface area contributed by atoms with E-state index in [0.717, 1.165) is 16.8 Å². The zero-order chi connectivity index (χ0) is 13.7. The van der Waals surface area contributed by atoms with E-state index in [-0.39, 0.29) is 0 Å². The maximum absolute atomic E-state index is 5.35. The lowest BCUT2D eigenvalue weighted by atomic mass is 10.1. The number of para-hydroxylation sites is 1. The van der Waals surface area contributed by atoms with Gasteiger partial charge in [-0.1, -0.05) is 46.3 Å². The maximum Gasteiger partial charge on any atom is 0.123 e. The highest BCUT2D eigenvalue weighted by Gasteiger charge is 2.07. The van der Waals surface area contributed by atoms with Crippen molar-refractivity contribution < 1.29 is 4.74 Å². The number of hydrogen-bond donors (Lipinski definition) is 1. The largest absolute Gasteiger partial charge is 0.496 e. The van der Waals surface area contributed by atoms with E-state index in [1.807, 2.05) is 24.3 Å². The molecule has 0 saturated carbocycles. The van der Waals surface area contributed by atoms with Crippen LogP contribution in [0.3, 0.4) is 0 Å². The minimum absolute atomic E-state index is 0.294. The third kappa shape index (κ3) is 3.82. The summed E-state index contributed by atoms with van der Waals surface area (Å²) in [6.07, 6.45) is 0. The number of halogens is 1. The van der Waals surface area contributed by atoms with Crippen molar-refractivity contribution in [2.45, 2.75) is 19.5 Å². The Hall–Kier alpha value is -1.32. The lowest BCUT2D eigenvalue weighted by Crippen LogP contribution is -2.18. The molecule has 2 aromatic carbocycles. The van der Waals surface area contributed by atoms with Gasteiger partial charge in [-0.25, -0.2) is 0 Å². The zero-order valence-electron chi connectivity index (χ0n) is 11.2. The topological polar surface area (TPSA) is 21.3 Å². The lowest BCUT2D eigenvalue weighted by molar-refractivity contribution is 0.406. The molecule has 3 heteroatoms. The first-order valence-corrected chi connectivity index (χ1v) is 7.10. The fraction of sp³-hybridized carbons (Fsp3) is 0.250. The molecule has 0 aliphatic rings. The Kier molecular flexibility index (Phi) is 5.00. The molecule has 0 unspecified atom stereocenters. The molecule has 0 aromatic heterocycles. The van der Waals surface area contributed by atoms with Crippen molar-refractivity contribution >= 4 is 15.9 Å². The van der Waals surface area contributed by atoms with Crippen molar-refractivity contribution in [3.63, 3.8) is 0 Å². The van der Waals surface area contributed by atoms with Gasteiger partial charge >= 0.3 is 0 Å². The standard InChI is InChI=1S/C16H18BrNO/c1-12(13-7-5-8-15(17)10-13)18-11-14-6-3-4-9-16(14)19-2/h3-10,12,18H,11H2,1-2H3/t12-/m1/s1. The van der Waals surface area contributed by atoms with Crippen LogP contribution in [0.25, 0.3) is 0 Å². The van der Waals surface area contributed by atoms with Crippen molar-refractivity contribution in [2.75, 3.05) is 7.11 Å². The van der Waals surface area contributed by atoms with Crippen LogP contribution in [0.2, 0.25) is 0 Å². The van der Waals surface area contributed by atoms with E-state index in [9.17, 15) is 0 Å². The van der Waals surface area contributed by atoms with E-state index < -0.39 is 0 Å². The first-order chi connectivity index (χ1) is 9.20. The van der Waals surface area contributed by atoms with Gasteiger partial charge in [0.2, 0.25) is 0 Å². The van der Waals surface area contributed by atoms with Crippen LogP contribution in [0, 0.1) is 0 Å². The average molecular weight is 320 g/mol. The number of nitrogens with one attached hydrogen (secondary N) is 1. The Morgan fingerprint density at radius 3 is 2.68 bits per heavy atom. The second-order valence-electron chi connectivity index (χ2n) is 4.47. The fourth-order valence-corrected chi connectivity index (χ4v) is 2.42. The van der Waals surface area contributed by atoms with Crippen molar-refractivity contribution in [3.8, 4) is 5.75 Å². The van der Waals surface area contributed by atoms with E-state index >= 15 is 0 Å². The summed E-state index contributed by atoms with van der Waals surface area (Å²) in [5.41, 5.74) is 2.44. The van der Waals surface area contributed by atoms with Gasteiger partial charge in [0, 0.05) is 22.6 Å². The summed E-state index contributed by atoms with van der Waals surface area (Å²) >= 11 is 3.50. The zero-order valence-corrected chi connectivity index (χ0v) is 12.8. The van der Waals surface area contributed by atoms with Gasteiger partial charge in [0.1, 0.15) is 5.75 Å². The molecular formula is C16H18BrNO. The van der Waals surface area contributed by atoms with E-state index in [1.54, 1.807) is 7.11 Å². The number of methoxy groups -OCH3 is 1. The Bertz CT molecular complexity index is 542. The highest BCUT2D eigenvalue weighted by Crippen LogP contribution is 2.20. The second-order valence-corrected chi connectivity index (χ2v) is 5.39. The molecule has 2 rings (SSSR count). The van der Waals surface area contributed by atoms with Gasteiger partial charge < -0.3 is 10.1 Å². The summed E-state index contributed by atoms with van der Waals surface area (Å²) in [5, 5.41) is 3.52. The van der Waals surface area contributed by atoms with Crippen LogP contribution in [0.4, 0.5) is 0 Å². The van der Waals surface area contributed by atoms with Crippen molar-refractivity contribution in [1.29, 1.82) is 0 Å². The number of benzene rings is 2. The highest BCUT2D eigenvalue weighted by atomic mass is 79.9. The number of rotatable bonds is 5. The van der Waals surface area contributed by atoms with Gasteiger partial charge in [0.15, 0.2) is 0 Å². The summed E-state index contributed by atoms with van der Waals surface area (Å²) in [5.74, 6) is 0.927. The van der Waals surface area contributed by atoms with Crippen LogP contribution in [-0.2, 0) is 6.54 Å². The van der Waals surface area contributed by atoms with Gasteiger partial charge in [0.25, 0.3) is 0 Å². The minimum Gasteiger partial charge on any atom is -0.496 e. The molecule has 100 valence electrons. The number of ether oxygens (including phenoxy) is 1. The molecule has 0 radical (unpaired) electrons. The van der Waals surface area contributed by atoms with Gasteiger partial charge in [-0.3, -0.25) is 0 Å². The van der Waals surface area contributed by atoms with Crippen molar-refractivity contribution in [2.24, 2.45) is 0 Å². The number of hydrogen-bond acceptors (Lipinski definition) is 2. The summed E-state index contributed by atoms with van der Waals surface area (Å²) in [6.45, 7) is 2.95. The predicted molar refractivity (Wildman–Crippen MR) is 82.4 cm³/mol. The normalized spacial score (nSPS) is 12.2. The molecule has 2 aromatic rings. The van der Waals surface area contributed by atoms with E-state index in [1.165, 1.54) is 11.1 Å². The van der Waals surface area contributed by atoms with Crippen LogP contribution in [-0.4, -0.2) is 7.11 Å². The third-order valence-electron chi connectivity index (χ3n) is 3.14. The van der Waals surface area contributed by atoms with Crippen molar-refractivity contribution in [1.82, 2.24) is 5.32 Å². The molecular weight excluding hydrogens is 302 g/mol. The van der Waals surface area contributed by atoms with Gasteiger partial charge in [-0.2, -0.15) is 0 Å². The van der Waals surface area contributed by atoms with Gasteiger partial charge in [0.05, 0.1) is 7.11 Å². The minimum atomic E-state index is 0.294. The first kappa shape index (κ1) is 14.1. The van der Waals surface area contributed by atoms with Crippen LogP contribution in [0.5, 0.6) is 5.75 Å². The lowest BCUT2D eigenvalue weighted by Gasteiger charge is -2.16. The third-order valence-corrected chi connectivity index (χ3v) is 3.63. The molecule has 2 nitrogen and oxygen atoms in total. The smallest absolute Gasteiger partial charge is 0.123 e. The molecule has 0 bridgehead atoms. The molecule has 0 heterocycles. The van der Waals surface area contributed by atoms with Crippen LogP contribution >= 0.6 is 15.9 Å². The summed E-state index contributed by atoms with van der Waals surface area (Å²) < 4.78 is 6.46. The Morgan fingerprint density at radius 2 is 1.95 bits per heavy atom. The van der Waals surface area contributed by atoms with Gasteiger partial charge in [-0.05, 0) is 30.7 Å². The summed E-state index contributed by atoms with van der Waals surface area (Å²) in [6, 6.07) is 16.7. The molecule has 0 fully saturated rings. The molecule has 0 aliphatic carbocycles. The molecule has 0 spiro atoms. The highest BCUT2D eigenvalue weighted by molar-refractivity contribution is 9.10. The van der Waals surface area contributed by atoms with Crippen LogP contribution in [0.1, 0.15) is 24.1 Å². The van der Waals surface area contributed by atoms with E-state index in [2.05, 4.69) is 52.4 Å². The average Bonchev–Trinajstić information content (AvgIpc) is 2.45.